The van der Waals surface area contributed by atoms with E-state index in [1.165, 1.54) is 23.2 Å². The van der Waals surface area contributed by atoms with Gasteiger partial charge in [-0.15, -0.1) is 0 Å². The zero-order valence-electron chi connectivity index (χ0n) is 18.1. The van der Waals surface area contributed by atoms with E-state index in [2.05, 4.69) is 51.1 Å². The topological polar surface area (TPSA) is 79.0 Å². The maximum Gasteiger partial charge on any atom is 0.204 e. The number of nitrogens with zero attached hydrogens (tertiary/aromatic N) is 4. The van der Waals surface area contributed by atoms with Gasteiger partial charge >= 0.3 is 0 Å². The van der Waals surface area contributed by atoms with Crippen molar-refractivity contribution in [3.63, 3.8) is 0 Å². The minimum atomic E-state index is -0.422. The monoisotopic (exact) mass is 432 g/mol. The smallest absolute Gasteiger partial charge is 0.204 e. The maximum atomic E-state index is 13.8. The lowest BCUT2D eigenvalue weighted by Gasteiger charge is -2.34. The molecule has 0 saturated heterocycles. The molecular formula is C24H25FN6O. The zero-order valence-corrected chi connectivity index (χ0v) is 18.1. The number of hydrogen-bond acceptors (Lipinski definition) is 6. The van der Waals surface area contributed by atoms with E-state index in [0.29, 0.717) is 36.1 Å². The molecule has 8 heteroatoms. The fraction of sp³-hybridized carbons (Fsp3) is 0.292. The summed E-state index contributed by atoms with van der Waals surface area (Å²) in [4.78, 5) is 18.9. The third-order valence-electron chi connectivity index (χ3n) is 5.65. The first-order valence-electron chi connectivity index (χ1n) is 10.8. The fourth-order valence-corrected chi connectivity index (χ4v) is 4.06. The molecule has 0 radical (unpaired) electrons. The molecule has 1 aromatic carbocycles. The fourth-order valence-electron chi connectivity index (χ4n) is 4.06. The summed E-state index contributed by atoms with van der Waals surface area (Å²) in [6.07, 6.45) is 5.60. The largest absolute Gasteiger partial charge is 0.485 e. The van der Waals surface area contributed by atoms with E-state index in [9.17, 15) is 4.39 Å². The summed E-state index contributed by atoms with van der Waals surface area (Å²) in [5, 5.41) is 4.64. The van der Waals surface area contributed by atoms with Crippen molar-refractivity contribution < 1.29 is 9.13 Å². The summed E-state index contributed by atoms with van der Waals surface area (Å²) in [5.41, 5.74) is 2.88. The zero-order chi connectivity index (χ0) is 22.1. The van der Waals surface area contributed by atoms with Gasteiger partial charge in [0.2, 0.25) is 5.75 Å². The molecule has 0 unspecified atom stereocenters. The lowest BCUT2D eigenvalue weighted by molar-refractivity contribution is 0.300. The highest BCUT2D eigenvalue weighted by Crippen LogP contribution is 2.38. The van der Waals surface area contributed by atoms with Crippen LogP contribution in [-0.4, -0.2) is 45.7 Å². The second-order valence-corrected chi connectivity index (χ2v) is 8.11. The Morgan fingerprint density at radius 3 is 2.94 bits per heavy atom. The molecule has 1 aliphatic heterocycles. The van der Waals surface area contributed by atoms with E-state index < -0.39 is 5.82 Å². The minimum Gasteiger partial charge on any atom is -0.485 e. The number of hydrogen-bond donors (Lipinski definition) is 2. The first-order chi connectivity index (χ1) is 15.6. The Morgan fingerprint density at radius 2 is 2.09 bits per heavy atom. The Kier molecular flexibility index (Phi) is 5.34. The van der Waals surface area contributed by atoms with Gasteiger partial charge in [-0.05, 0) is 38.0 Å². The van der Waals surface area contributed by atoms with Crippen LogP contribution in [0.1, 0.15) is 19.4 Å². The van der Waals surface area contributed by atoms with Crippen LogP contribution in [0.4, 0.5) is 16.0 Å². The van der Waals surface area contributed by atoms with Gasteiger partial charge in [-0.3, -0.25) is 4.98 Å². The van der Waals surface area contributed by atoms with Crippen LogP contribution in [0.15, 0.2) is 48.9 Å². The number of halogens is 1. The van der Waals surface area contributed by atoms with Crippen LogP contribution in [0.5, 0.6) is 5.75 Å². The molecule has 4 aromatic rings. The van der Waals surface area contributed by atoms with Crippen LogP contribution < -0.4 is 15.0 Å². The molecule has 32 heavy (non-hydrogen) atoms. The highest BCUT2D eigenvalue weighted by Gasteiger charge is 2.27. The summed E-state index contributed by atoms with van der Waals surface area (Å²) in [5.74, 6) is 1.96. The van der Waals surface area contributed by atoms with Crippen LogP contribution in [0, 0.1) is 5.82 Å². The Balaban J connectivity index is 1.47. The molecule has 0 fully saturated rings. The summed E-state index contributed by atoms with van der Waals surface area (Å²) in [7, 11) is 0. The first-order valence-corrected chi connectivity index (χ1v) is 10.8. The molecule has 0 bridgehead atoms. The highest BCUT2D eigenvalue weighted by molar-refractivity contribution is 5.83. The van der Waals surface area contributed by atoms with E-state index in [0.717, 1.165) is 24.3 Å². The number of anilines is 2. The summed E-state index contributed by atoms with van der Waals surface area (Å²) < 4.78 is 19.8. The molecule has 7 nitrogen and oxygen atoms in total. The van der Waals surface area contributed by atoms with Crippen molar-refractivity contribution in [1.29, 1.82) is 0 Å². The van der Waals surface area contributed by atoms with Crippen LogP contribution in [0.2, 0.25) is 0 Å². The lowest BCUT2D eigenvalue weighted by atomic mass is 10.1. The number of aromatic amines is 1. The number of para-hydroxylation sites is 1. The molecule has 4 heterocycles. The van der Waals surface area contributed by atoms with Crippen LogP contribution >= 0.6 is 0 Å². The Hall–Kier alpha value is -3.68. The van der Waals surface area contributed by atoms with Gasteiger partial charge in [0.25, 0.3) is 0 Å². The van der Waals surface area contributed by atoms with Crippen molar-refractivity contribution in [2.75, 3.05) is 29.9 Å². The molecule has 0 atom stereocenters. The lowest BCUT2D eigenvalue weighted by Crippen LogP contribution is -2.39. The van der Waals surface area contributed by atoms with Gasteiger partial charge in [0.1, 0.15) is 12.4 Å². The number of nitrogens with one attached hydrogen (secondary N) is 2. The first kappa shape index (κ1) is 20.2. The number of ether oxygens (including phenoxy) is 1. The van der Waals surface area contributed by atoms with Crippen molar-refractivity contribution in [2.24, 2.45) is 0 Å². The third kappa shape index (κ3) is 3.84. The van der Waals surface area contributed by atoms with E-state index in [1.54, 1.807) is 6.20 Å². The average Bonchev–Trinajstić information content (AvgIpc) is 3.21. The summed E-state index contributed by atoms with van der Waals surface area (Å²) >= 11 is 0. The molecule has 5 rings (SSSR count). The number of H-pyrrole nitrogens is 1. The number of rotatable bonds is 6. The summed E-state index contributed by atoms with van der Waals surface area (Å²) in [6.45, 7) is 6.19. The normalized spacial score (nSPS) is 13.3. The number of benzene rings is 1. The maximum absolute atomic E-state index is 13.8. The number of pyridine rings is 1. The molecule has 0 saturated carbocycles. The number of aromatic nitrogens is 4. The van der Waals surface area contributed by atoms with E-state index >= 15 is 0 Å². The molecule has 2 N–H and O–H groups in total. The summed E-state index contributed by atoms with van der Waals surface area (Å²) in [6, 6.07) is 9.89. The van der Waals surface area contributed by atoms with Crippen molar-refractivity contribution in [3.8, 4) is 17.1 Å². The Labute approximate surface area is 185 Å². The van der Waals surface area contributed by atoms with E-state index in [-0.39, 0.29) is 6.04 Å². The Bertz CT molecular complexity index is 1250. The van der Waals surface area contributed by atoms with Gasteiger partial charge in [0.05, 0.1) is 12.7 Å². The van der Waals surface area contributed by atoms with Gasteiger partial charge < -0.3 is 19.9 Å². The molecule has 164 valence electrons. The average molecular weight is 433 g/mol. The van der Waals surface area contributed by atoms with E-state index in [1.807, 2.05) is 18.3 Å². The SMILES string of the molecule is CC(C)N1CCOc2c(NCCc3c[nH]c4ccccc34)nc(-c3cncc(F)c3)nc21. The standard InChI is InChI=1S/C24H25FN6O/c1-15(2)31-9-10-32-21-23(27-8-7-16-13-28-20-6-4-3-5-19(16)20)29-22(30-24(21)31)17-11-18(25)14-26-12-17/h3-6,11-15,28H,7-10H2,1-2H3,(H,27,29,30). The molecular weight excluding hydrogens is 407 g/mol. The van der Waals surface area contributed by atoms with Gasteiger partial charge in [-0.25, -0.2) is 14.4 Å². The van der Waals surface area contributed by atoms with Gasteiger partial charge in [-0.1, -0.05) is 18.2 Å². The van der Waals surface area contributed by atoms with Crippen molar-refractivity contribution in [2.45, 2.75) is 26.3 Å². The van der Waals surface area contributed by atoms with Gasteiger partial charge in [0.15, 0.2) is 17.5 Å². The predicted molar refractivity (Wildman–Crippen MR) is 124 cm³/mol. The second-order valence-electron chi connectivity index (χ2n) is 8.11. The minimum absolute atomic E-state index is 0.241. The quantitative estimate of drug-likeness (QED) is 0.470. The molecule has 3 aromatic heterocycles. The molecule has 1 aliphatic rings. The van der Waals surface area contributed by atoms with Gasteiger partial charge in [0, 0.05) is 41.4 Å². The molecule has 0 amide bonds. The predicted octanol–water partition coefficient (Wildman–Crippen LogP) is 4.42. The van der Waals surface area contributed by atoms with Crippen LogP contribution in [-0.2, 0) is 6.42 Å². The van der Waals surface area contributed by atoms with Crippen molar-refractivity contribution in [1.82, 2.24) is 19.9 Å². The van der Waals surface area contributed by atoms with Gasteiger partial charge in [-0.2, -0.15) is 0 Å². The number of fused-ring (bicyclic) bond motifs is 2. The highest BCUT2D eigenvalue weighted by atomic mass is 19.1. The Morgan fingerprint density at radius 1 is 1.22 bits per heavy atom. The second kappa shape index (κ2) is 8.45. The van der Waals surface area contributed by atoms with Crippen LogP contribution in [0.25, 0.3) is 22.3 Å². The van der Waals surface area contributed by atoms with Crippen molar-refractivity contribution in [3.05, 3.63) is 60.3 Å². The van der Waals surface area contributed by atoms with Crippen molar-refractivity contribution >= 4 is 22.5 Å². The van der Waals surface area contributed by atoms with E-state index in [4.69, 9.17) is 9.72 Å². The molecule has 0 aliphatic carbocycles. The third-order valence-corrected chi connectivity index (χ3v) is 5.65. The van der Waals surface area contributed by atoms with Crippen LogP contribution in [0.3, 0.4) is 0 Å². The molecule has 0 spiro atoms.